The average Bonchev–Trinajstić information content (AvgIpc) is 2.77. The molecule has 194 valence electrons. The lowest BCUT2D eigenvalue weighted by Gasteiger charge is -2.57. The Morgan fingerprint density at radius 3 is 2.37 bits per heavy atom. The van der Waals surface area contributed by atoms with Gasteiger partial charge in [0.15, 0.2) is 0 Å². The van der Waals surface area contributed by atoms with Crippen molar-refractivity contribution in [2.75, 3.05) is 13.1 Å². The molecule has 35 heavy (non-hydrogen) atoms. The third kappa shape index (κ3) is 5.63. The minimum atomic E-state index is -4.36. The molecular formula is C29H40F3NO2. The Kier molecular flexibility index (Phi) is 7.43. The predicted octanol–water partition coefficient (Wildman–Crippen LogP) is 7.38. The third-order valence-electron chi connectivity index (χ3n) is 9.09. The molecule has 0 spiro atoms. The summed E-state index contributed by atoms with van der Waals surface area (Å²) in [6.45, 7) is 11.0. The minimum Gasteiger partial charge on any atom is -0.481 e. The van der Waals surface area contributed by atoms with E-state index in [2.05, 4.69) is 38.7 Å². The van der Waals surface area contributed by atoms with Gasteiger partial charge in [-0.3, -0.25) is 9.69 Å². The first-order valence-corrected chi connectivity index (χ1v) is 13.2. The van der Waals surface area contributed by atoms with Gasteiger partial charge in [-0.1, -0.05) is 51.5 Å². The third-order valence-corrected chi connectivity index (χ3v) is 9.09. The van der Waals surface area contributed by atoms with Crippen LogP contribution in [0.15, 0.2) is 35.9 Å². The van der Waals surface area contributed by atoms with Crippen LogP contribution in [0.1, 0.15) is 83.3 Å². The Morgan fingerprint density at radius 2 is 1.83 bits per heavy atom. The molecule has 2 fully saturated rings. The molecule has 5 atom stereocenters. The van der Waals surface area contributed by atoms with Crippen molar-refractivity contribution in [2.45, 2.75) is 84.4 Å². The SMILES string of the molecule is CC(C)CN(CC1=CCC2CC1C2(C)C)[C@@H]1CC[C@@H](CC(=O)O)C[C@H]1c1ccc(C(F)(F)F)cc1. The number of hydrogen-bond donors (Lipinski definition) is 1. The second-order valence-electron chi connectivity index (χ2n) is 12.2. The maximum absolute atomic E-state index is 13.2. The molecule has 1 N–H and O–H groups in total. The maximum atomic E-state index is 13.2. The van der Waals surface area contributed by atoms with Gasteiger partial charge in [0.05, 0.1) is 5.56 Å². The van der Waals surface area contributed by atoms with Gasteiger partial charge < -0.3 is 5.11 Å². The van der Waals surface area contributed by atoms with Gasteiger partial charge in [-0.2, -0.15) is 13.2 Å². The van der Waals surface area contributed by atoms with Gasteiger partial charge in [-0.15, -0.1) is 0 Å². The van der Waals surface area contributed by atoms with E-state index in [4.69, 9.17) is 0 Å². The number of fused-ring (bicyclic) bond motifs is 1. The van der Waals surface area contributed by atoms with Crippen molar-refractivity contribution < 1.29 is 23.1 Å². The number of carboxylic acids is 1. The van der Waals surface area contributed by atoms with E-state index in [-0.39, 0.29) is 24.3 Å². The number of benzene rings is 1. The summed E-state index contributed by atoms with van der Waals surface area (Å²) in [5, 5.41) is 9.40. The number of carboxylic acid groups (broad SMARTS) is 1. The topological polar surface area (TPSA) is 40.5 Å². The summed E-state index contributed by atoms with van der Waals surface area (Å²) in [5.41, 5.74) is 2.13. The zero-order chi connectivity index (χ0) is 25.5. The Balaban J connectivity index is 1.61. The highest BCUT2D eigenvalue weighted by molar-refractivity contribution is 5.67. The van der Waals surface area contributed by atoms with Gasteiger partial charge in [0.1, 0.15) is 0 Å². The monoisotopic (exact) mass is 491 g/mol. The van der Waals surface area contributed by atoms with Crippen molar-refractivity contribution in [3.05, 3.63) is 47.0 Å². The number of rotatable bonds is 8. The Labute approximate surface area is 207 Å². The van der Waals surface area contributed by atoms with Gasteiger partial charge in [0.2, 0.25) is 0 Å². The van der Waals surface area contributed by atoms with Crippen molar-refractivity contribution in [3.63, 3.8) is 0 Å². The van der Waals surface area contributed by atoms with E-state index in [1.165, 1.54) is 24.1 Å². The summed E-state index contributed by atoms with van der Waals surface area (Å²) in [5.74, 6) is 1.14. The Morgan fingerprint density at radius 1 is 1.14 bits per heavy atom. The Hall–Kier alpha value is -1.82. The first-order valence-electron chi connectivity index (χ1n) is 13.2. The molecule has 1 aromatic carbocycles. The first kappa shape index (κ1) is 26.2. The summed E-state index contributed by atoms with van der Waals surface area (Å²) >= 11 is 0. The van der Waals surface area contributed by atoms with Crippen LogP contribution in [0.3, 0.4) is 0 Å². The van der Waals surface area contributed by atoms with E-state index in [9.17, 15) is 23.1 Å². The lowest BCUT2D eigenvalue weighted by atomic mass is 9.49. The summed E-state index contributed by atoms with van der Waals surface area (Å²) in [7, 11) is 0. The quantitative estimate of drug-likeness (QED) is 0.386. The highest BCUT2D eigenvalue weighted by Gasteiger charge is 2.51. The highest BCUT2D eigenvalue weighted by atomic mass is 19.4. The molecule has 2 saturated carbocycles. The summed E-state index contributed by atoms with van der Waals surface area (Å²) in [6, 6.07) is 5.80. The molecule has 5 rings (SSSR count). The average molecular weight is 492 g/mol. The van der Waals surface area contributed by atoms with Crippen molar-refractivity contribution >= 4 is 5.97 Å². The maximum Gasteiger partial charge on any atom is 0.416 e. The molecule has 0 amide bonds. The van der Waals surface area contributed by atoms with Crippen LogP contribution in [0.4, 0.5) is 13.2 Å². The lowest BCUT2D eigenvalue weighted by Crippen LogP contribution is -2.52. The molecule has 6 heteroatoms. The van der Waals surface area contributed by atoms with Crippen LogP contribution in [0.2, 0.25) is 0 Å². The van der Waals surface area contributed by atoms with Crippen LogP contribution in [0, 0.1) is 29.1 Å². The van der Waals surface area contributed by atoms with Crippen LogP contribution in [0.25, 0.3) is 0 Å². The standard InChI is InChI=1S/C29H40F3NO2/c1-18(2)16-33(17-21-8-11-23-15-25(21)28(23,3)4)26-12-5-19(14-27(34)35)13-24(26)20-6-9-22(10-7-20)29(30,31)32/h6-10,18-19,23-26H,5,11-17H2,1-4H3,(H,34,35)/t19-,23?,24+,25?,26-/m1/s1. The number of aliphatic carboxylic acids is 1. The molecule has 0 heterocycles. The van der Waals surface area contributed by atoms with Crippen LogP contribution in [0.5, 0.6) is 0 Å². The smallest absolute Gasteiger partial charge is 0.416 e. The fourth-order valence-electron chi connectivity index (χ4n) is 7.07. The number of hydrogen-bond acceptors (Lipinski definition) is 2. The number of carbonyl (C=O) groups is 1. The fourth-order valence-corrected chi connectivity index (χ4v) is 7.07. The first-order chi connectivity index (χ1) is 16.4. The molecule has 0 radical (unpaired) electrons. The number of nitrogens with zero attached hydrogens (tertiary/aromatic N) is 1. The fraction of sp³-hybridized carbons (Fsp3) is 0.690. The predicted molar refractivity (Wildman–Crippen MR) is 132 cm³/mol. The van der Waals surface area contributed by atoms with Gasteiger partial charge >= 0.3 is 12.1 Å². The van der Waals surface area contributed by atoms with Crippen LogP contribution < -0.4 is 0 Å². The second kappa shape index (κ2) is 9.91. The van der Waals surface area contributed by atoms with E-state index in [1.54, 1.807) is 12.1 Å². The zero-order valence-electron chi connectivity index (χ0n) is 21.4. The molecular weight excluding hydrogens is 451 g/mol. The van der Waals surface area contributed by atoms with Gasteiger partial charge in [0.25, 0.3) is 0 Å². The molecule has 0 saturated heterocycles. The number of alkyl halides is 3. The van der Waals surface area contributed by atoms with Crippen molar-refractivity contribution in [2.24, 2.45) is 29.1 Å². The Bertz CT molecular complexity index is 934. The molecule has 0 aliphatic heterocycles. The normalized spacial score (nSPS) is 30.2. The molecule has 2 bridgehead atoms. The summed E-state index contributed by atoms with van der Waals surface area (Å²) < 4.78 is 39.6. The van der Waals surface area contributed by atoms with E-state index in [0.717, 1.165) is 43.8 Å². The van der Waals surface area contributed by atoms with E-state index in [1.807, 2.05) is 0 Å². The second-order valence-corrected chi connectivity index (χ2v) is 12.2. The number of halogens is 3. The van der Waals surface area contributed by atoms with E-state index in [0.29, 0.717) is 23.7 Å². The van der Waals surface area contributed by atoms with Gasteiger partial charge in [-0.05, 0) is 84.8 Å². The van der Waals surface area contributed by atoms with Crippen LogP contribution in [-0.4, -0.2) is 35.1 Å². The molecule has 4 aliphatic rings. The van der Waals surface area contributed by atoms with E-state index >= 15 is 0 Å². The van der Waals surface area contributed by atoms with Crippen LogP contribution >= 0.6 is 0 Å². The number of allylic oxidation sites excluding steroid dienone is 1. The van der Waals surface area contributed by atoms with Crippen LogP contribution in [-0.2, 0) is 11.0 Å². The largest absolute Gasteiger partial charge is 0.481 e. The van der Waals surface area contributed by atoms with Crippen molar-refractivity contribution in [3.8, 4) is 0 Å². The summed E-state index contributed by atoms with van der Waals surface area (Å²) in [6.07, 6.45) is 3.04. The molecule has 4 aliphatic carbocycles. The molecule has 0 aromatic heterocycles. The summed E-state index contributed by atoms with van der Waals surface area (Å²) in [4.78, 5) is 14.0. The van der Waals surface area contributed by atoms with E-state index < -0.39 is 17.7 Å². The lowest BCUT2D eigenvalue weighted by molar-refractivity contribution is -0.139. The molecule has 1 aromatic rings. The zero-order valence-corrected chi connectivity index (χ0v) is 21.4. The van der Waals surface area contributed by atoms with Gasteiger partial charge in [-0.25, -0.2) is 0 Å². The molecule has 3 nitrogen and oxygen atoms in total. The molecule has 2 unspecified atom stereocenters. The van der Waals surface area contributed by atoms with Gasteiger partial charge in [0, 0.05) is 25.6 Å². The van der Waals surface area contributed by atoms with Crippen molar-refractivity contribution in [1.29, 1.82) is 0 Å². The highest BCUT2D eigenvalue weighted by Crippen LogP contribution is 2.59. The van der Waals surface area contributed by atoms with Crippen molar-refractivity contribution in [1.82, 2.24) is 4.90 Å². The minimum absolute atomic E-state index is 0.0282.